The molecular formula is C12H17NO2. The molecule has 15 heavy (non-hydrogen) atoms. The Morgan fingerprint density at radius 1 is 1.27 bits per heavy atom. The number of amides is 2. The fourth-order valence-electron chi connectivity index (χ4n) is 2.61. The maximum atomic E-state index is 11.5. The van der Waals surface area contributed by atoms with E-state index in [0.717, 1.165) is 18.4 Å². The van der Waals surface area contributed by atoms with Crippen LogP contribution in [-0.4, -0.2) is 11.8 Å². The normalized spacial score (nSPS) is 36.9. The van der Waals surface area contributed by atoms with Crippen LogP contribution in [0, 0.1) is 11.8 Å². The summed E-state index contributed by atoms with van der Waals surface area (Å²) >= 11 is 0. The zero-order chi connectivity index (χ0) is 11.0. The number of imide groups is 1. The molecule has 0 spiro atoms. The lowest BCUT2D eigenvalue weighted by Crippen LogP contribution is -2.22. The zero-order valence-electron chi connectivity index (χ0n) is 9.30. The molecule has 0 aromatic rings. The predicted octanol–water partition coefficient (Wildman–Crippen LogP) is 1.79. The Morgan fingerprint density at radius 2 is 2.00 bits per heavy atom. The average molecular weight is 207 g/mol. The Labute approximate surface area is 89.9 Å². The predicted molar refractivity (Wildman–Crippen MR) is 57.0 cm³/mol. The van der Waals surface area contributed by atoms with E-state index in [0.29, 0.717) is 18.3 Å². The molecule has 1 aliphatic carbocycles. The van der Waals surface area contributed by atoms with Gasteiger partial charge in [-0.1, -0.05) is 19.4 Å². The second-order valence-electron chi connectivity index (χ2n) is 4.72. The first-order valence-electron chi connectivity index (χ1n) is 5.65. The molecule has 82 valence electrons. The molecule has 2 aliphatic rings. The highest BCUT2D eigenvalue weighted by Crippen LogP contribution is 2.37. The van der Waals surface area contributed by atoms with Crippen LogP contribution in [0.3, 0.4) is 0 Å². The highest BCUT2D eigenvalue weighted by atomic mass is 16.2. The highest BCUT2D eigenvalue weighted by molar-refractivity contribution is 6.13. The minimum Gasteiger partial charge on any atom is -0.292 e. The van der Waals surface area contributed by atoms with Crippen molar-refractivity contribution < 1.29 is 9.59 Å². The van der Waals surface area contributed by atoms with Gasteiger partial charge in [0.15, 0.2) is 0 Å². The lowest BCUT2D eigenvalue weighted by molar-refractivity contribution is -0.124. The second kappa shape index (κ2) is 3.80. The summed E-state index contributed by atoms with van der Waals surface area (Å²) in [6, 6.07) is 0. The van der Waals surface area contributed by atoms with Crippen LogP contribution in [-0.2, 0) is 9.59 Å². The highest BCUT2D eigenvalue weighted by Gasteiger charge is 2.31. The maximum Gasteiger partial charge on any atom is 0.254 e. The summed E-state index contributed by atoms with van der Waals surface area (Å²) in [6.45, 7) is 4.39. The molecule has 1 saturated heterocycles. The maximum absolute atomic E-state index is 11.5. The molecule has 0 aromatic carbocycles. The third kappa shape index (κ3) is 1.83. The summed E-state index contributed by atoms with van der Waals surface area (Å²) in [5, 5.41) is 2.36. The van der Waals surface area contributed by atoms with Crippen molar-refractivity contribution in [2.24, 2.45) is 11.8 Å². The van der Waals surface area contributed by atoms with E-state index in [-0.39, 0.29) is 11.8 Å². The van der Waals surface area contributed by atoms with Crippen LogP contribution in [0.1, 0.15) is 39.5 Å². The van der Waals surface area contributed by atoms with Gasteiger partial charge >= 0.3 is 0 Å². The van der Waals surface area contributed by atoms with Crippen LogP contribution in [0.2, 0.25) is 0 Å². The van der Waals surface area contributed by atoms with Crippen LogP contribution in [0.25, 0.3) is 0 Å². The van der Waals surface area contributed by atoms with Gasteiger partial charge in [0.1, 0.15) is 0 Å². The second-order valence-corrected chi connectivity index (χ2v) is 4.72. The van der Waals surface area contributed by atoms with Crippen molar-refractivity contribution in [3.8, 4) is 0 Å². The van der Waals surface area contributed by atoms with Crippen molar-refractivity contribution in [1.29, 1.82) is 0 Å². The first kappa shape index (κ1) is 10.4. The molecule has 1 aliphatic heterocycles. The molecule has 3 nitrogen and oxygen atoms in total. The van der Waals surface area contributed by atoms with Crippen molar-refractivity contribution in [3.63, 3.8) is 0 Å². The summed E-state index contributed by atoms with van der Waals surface area (Å²) < 4.78 is 0. The molecule has 0 bridgehead atoms. The third-order valence-electron chi connectivity index (χ3n) is 3.76. The van der Waals surface area contributed by atoms with E-state index < -0.39 is 0 Å². The van der Waals surface area contributed by atoms with E-state index in [9.17, 15) is 9.59 Å². The van der Waals surface area contributed by atoms with Crippen LogP contribution in [0.4, 0.5) is 0 Å². The molecule has 0 aromatic heterocycles. The molecule has 1 saturated carbocycles. The van der Waals surface area contributed by atoms with Crippen LogP contribution in [0.5, 0.6) is 0 Å². The molecule has 2 atom stereocenters. The number of hydrogen-bond donors (Lipinski definition) is 1. The van der Waals surface area contributed by atoms with Gasteiger partial charge in [-0.3, -0.25) is 14.9 Å². The topological polar surface area (TPSA) is 46.2 Å². The smallest absolute Gasteiger partial charge is 0.254 e. The Hall–Kier alpha value is -1.12. The molecule has 2 rings (SSSR count). The van der Waals surface area contributed by atoms with E-state index in [1.165, 1.54) is 12.0 Å². The molecule has 2 unspecified atom stereocenters. The Balaban J connectivity index is 2.31. The van der Waals surface area contributed by atoms with Gasteiger partial charge in [0.05, 0.1) is 6.42 Å². The van der Waals surface area contributed by atoms with Gasteiger partial charge in [-0.25, -0.2) is 0 Å². The van der Waals surface area contributed by atoms with E-state index in [1.54, 1.807) is 0 Å². The molecule has 1 heterocycles. The van der Waals surface area contributed by atoms with Gasteiger partial charge < -0.3 is 0 Å². The molecule has 0 radical (unpaired) electrons. The number of nitrogens with one attached hydrogen (secondary N) is 1. The van der Waals surface area contributed by atoms with Gasteiger partial charge in [0, 0.05) is 5.57 Å². The third-order valence-corrected chi connectivity index (χ3v) is 3.76. The first-order chi connectivity index (χ1) is 7.09. The van der Waals surface area contributed by atoms with Gasteiger partial charge in [-0.2, -0.15) is 0 Å². The molecule has 3 heteroatoms. The van der Waals surface area contributed by atoms with Crippen molar-refractivity contribution in [1.82, 2.24) is 5.32 Å². The van der Waals surface area contributed by atoms with Gasteiger partial charge in [0.2, 0.25) is 5.91 Å². The SMILES string of the molecule is CC1CCCC(=C2CC(=O)NC2=O)C1C. The van der Waals surface area contributed by atoms with E-state index >= 15 is 0 Å². The van der Waals surface area contributed by atoms with Gasteiger partial charge in [-0.05, 0) is 31.1 Å². The van der Waals surface area contributed by atoms with Gasteiger partial charge in [0.25, 0.3) is 5.91 Å². The molecule has 2 amide bonds. The van der Waals surface area contributed by atoms with Crippen molar-refractivity contribution in [2.45, 2.75) is 39.5 Å². The summed E-state index contributed by atoms with van der Waals surface area (Å²) in [7, 11) is 0. The quantitative estimate of drug-likeness (QED) is 0.486. The summed E-state index contributed by atoms with van der Waals surface area (Å²) in [5.41, 5.74) is 1.97. The largest absolute Gasteiger partial charge is 0.292 e. The molecule has 1 N–H and O–H groups in total. The monoisotopic (exact) mass is 207 g/mol. The first-order valence-corrected chi connectivity index (χ1v) is 5.65. The number of allylic oxidation sites excluding steroid dienone is 1. The Morgan fingerprint density at radius 3 is 2.60 bits per heavy atom. The van der Waals surface area contributed by atoms with Crippen LogP contribution >= 0.6 is 0 Å². The van der Waals surface area contributed by atoms with Crippen LogP contribution < -0.4 is 5.32 Å². The molecular weight excluding hydrogens is 190 g/mol. The van der Waals surface area contributed by atoms with E-state index in [1.807, 2.05) is 0 Å². The molecule has 2 fully saturated rings. The minimum atomic E-state index is -0.157. The van der Waals surface area contributed by atoms with E-state index in [2.05, 4.69) is 19.2 Å². The Bertz CT molecular complexity index is 344. The van der Waals surface area contributed by atoms with Gasteiger partial charge in [-0.15, -0.1) is 0 Å². The standard InChI is InChI=1S/C12H17NO2/c1-7-4-3-5-9(8(7)2)10-6-11(14)13-12(10)15/h7-8H,3-6H2,1-2H3,(H,13,14,15). The van der Waals surface area contributed by atoms with E-state index in [4.69, 9.17) is 0 Å². The summed E-state index contributed by atoms with van der Waals surface area (Å²) in [5.74, 6) is 0.777. The van der Waals surface area contributed by atoms with Crippen molar-refractivity contribution in [3.05, 3.63) is 11.1 Å². The fraction of sp³-hybridized carbons (Fsp3) is 0.667. The minimum absolute atomic E-state index is 0.145. The number of carbonyl (C=O) groups excluding carboxylic acids is 2. The summed E-state index contributed by atoms with van der Waals surface area (Å²) in [4.78, 5) is 22.7. The van der Waals surface area contributed by atoms with Crippen molar-refractivity contribution in [2.75, 3.05) is 0 Å². The van der Waals surface area contributed by atoms with Crippen molar-refractivity contribution >= 4 is 11.8 Å². The average Bonchev–Trinajstić information content (AvgIpc) is 2.50. The zero-order valence-corrected chi connectivity index (χ0v) is 9.30. The van der Waals surface area contributed by atoms with Crippen LogP contribution in [0.15, 0.2) is 11.1 Å². The summed E-state index contributed by atoms with van der Waals surface area (Å²) in [6.07, 6.45) is 3.66. The lowest BCUT2D eigenvalue weighted by atomic mass is 9.76. The number of carbonyl (C=O) groups is 2. The number of hydrogen-bond acceptors (Lipinski definition) is 2. The lowest BCUT2D eigenvalue weighted by Gasteiger charge is -2.29. The number of rotatable bonds is 0. The fourth-order valence-corrected chi connectivity index (χ4v) is 2.61. The Kier molecular flexibility index (Phi) is 2.63.